The Bertz CT molecular complexity index is 3010. The van der Waals surface area contributed by atoms with Crippen LogP contribution in [0.4, 0.5) is 0 Å². The smallest absolute Gasteiger partial charge is 0.251 e. The number of carbonyl (C=O) groups excluding carboxylic acids is 7. The second-order valence-corrected chi connectivity index (χ2v) is 23.3. The highest BCUT2D eigenvalue weighted by Gasteiger charge is 2.50. The van der Waals surface area contributed by atoms with Crippen LogP contribution >= 0.6 is 0 Å². The molecular formula is C64H86N8O17. The summed E-state index contributed by atoms with van der Waals surface area (Å²) in [5, 5.41) is 103. The number of nitrogens with two attached hydrogens (primary N) is 1. The molecule has 15 N–H and O–H groups in total. The third kappa shape index (κ3) is 17.9. The second-order valence-electron chi connectivity index (χ2n) is 23.3. The lowest BCUT2D eigenvalue weighted by molar-refractivity contribution is -0.149. The number of aliphatic hydroxyl groups is 7. The van der Waals surface area contributed by atoms with Crippen LogP contribution in [0.15, 0.2) is 97.1 Å². The van der Waals surface area contributed by atoms with Crippen LogP contribution in [0.3, 0.4) is 0 Å². The molecule has 15 atom stereocenters. The Morgan fingerprint density at radius 1 is 0.629 bits per heavy atom. The van der Waals surface area contributed by atoms with E-state index in [0.717, 1.165) is 70.9 Å². The first kappa shape index (κ1) is 68.9. The number of unbranched alkanes of at least 4 members (excludes halogenated alkanes) is 5. The highest BCUT2D eigenvalue weighted by atomic mass is 16.5. The molecule has 3 aliphatic heterocycles. The molecule has 3 heterocycles. The lowest BCUT2D eigenvalue weighted by Gasteiger charge is -2.34. The molecule has 4 aromatic rings. The Kier molecular flexibility index (Phi) is 25.0. The molecular weight excluding hydrogens is 1150 g/mol. The van der Waals surface area contributed by atoms with Crippen molar-refractivity contribution in [1.82, 2.24) is 36.4 Å². The van der Waals surface area contributed by atoms with Gasteiger partial charge in [0.25, 0.3) is 5.91 Å². The zero-order valence-electron chi connectivity index (χ0n) is 50.5. The molecule has 3 fully saturated rings. The third-order valence-electron chi connectivity index (χ3n) is 16.4. The summed E-state index contributed by atoms with van der Waals surface area (Å²) in [7, 11) is 0. The van der Waals surface area contributed by atoms with Gasteiger partial charge < -0.3 is 92.4 Å². The fourth-order valence-electron chi connectivity index (χ4n) is 11.2. The van der Waals surface area contributed by atoms with Gasteiger partial charge in [0.2, 0.25) is 35.4 Å². The van der Waals surface area contributed by atoms with Gasteiger partial charge in [-0.15, -0.1) is 0 Å². The van der Waals surface area contributed by atoms with Crippen molar-refractivity contribution in [3.63, 3.8) is 0 Å². The minimum atomic E-state index is -2.29. The molecule has 0 aliphatic carbocycles. The van der Waals surface area contributed by atoms with Crippen molar-refractivity contribution in [3.8, 4) is 33.8 Å². The van der Waals surface area contributed by atoms with Gasteiger partial charge in [-0.25, -0.2) is 0 Å². The zero-order chi connectivity index (χ0) is 64.6. The molecule has 89 heavy (non-hydrogen) atoms. The number of carbonyl (C=O) groups is 7. The van der Waals surface area contributed by atoms with Crippen LogP contribution in [0.5, 0.6) is 11.5 Å². The number of amides is 7. The molecule has 3 saturated heterocycles. The molecule has 3 aliphatic rings. The normalized spacial score (nSPS) is 26.3. The number of hydrogen-bond acceptors (Lipinski definition) is 18. The Labute approximate surface area is 517 Å². The van der Waals surface area contributed by atoms with Crippen molar-refractivity contribution in [2.75, 3.05) is 32.8 Å². The SMILES string of the molecule is CCCCCOc1ccc(-c2ccc(-c3ccc(C(=O)N[C@H]4C[C@@H](O)[C@@H](OCCCCCCN)NC(=O)[C@@H]5[C@@H](O)[C@@H](C)CN5C(=O)[C@H]([C@@H](C)O)NC(=O)[C@H]([C@H](O)[C@@H](O)c5ccc(O)cc5)NC(=O)[C@@H]5C[C@@H](O)CN5C(=O)[C@H]([C@@H](C)O)NC4=O)cc3)cc2)cc1. The summed E-state index contributed by atoms with van der Waals surface area (Å²) in [6, 6.07) is 15.3. The van der Waals surface area contributed by atoms with Crippen LogP contribution in [-0.2, 0) is 33.5 Å². The number of fused-ring (bicyclic) bond motifs is 2. The molecule has 484 valence electrons. The van der Waals surface area contributed by atoms with E-state index in [1.807, 2.05) is 48.5 Å². The standard InChI is InChI=1S/C64H86N8O17/c1-5-6-10-29-88-46-26-22-41(23-27-46)39-14-12-38(13-15-39)40-16-18-43(19-17-40)57(81)66-47-32-49(77)62(89-30-11-8-7-9-28-65)70-61(85)53-54(78)35(2)33-72(53)64(87)51(37(4)74)68-60(84)52(56(80)55(79)42-20-24-44(75)25-21-42)69-59(83)48-31-45(76)34-71(48)63(86)50(36(3)73)67-58(47)82/h12-27,35-37,45,47-56,62,73-80H,5-11,28-34,65H2,1-4H3,(H,66,81)(H,67,82)(H,68,84)(H,69,83)(H,70,85)/t35-,36+,37+,45+,47-,48-,49+,50-,51-,52-,53-,54-,55-,56-,62+/m0/s1. The van der Waals surface area contributed by atoms with Crippen molar-refractivity contribution >= 4 is 41.4 Å². The number of phenols is 1. The van der Waals surface area contributed by atoms with Crippen LogP contribution in [0.2, 0.25) is 0 Å². The predicted molar refractivity (Wildman–Crippen MR) is 325 cm³/mol. The Hall–Kier alpha value is -7.59. The van der Waals surface area contributed by atoms with Gasteiger partial charge in [0.15, 0.2) is 6.23 Å². The van der Waals surface area contributed by atoms with E-state index in [1.54, 1.807) is 12.1 Å². The minimum Gasteiger partial charge on any atom is -0.508 e. The first-order valence-electron chi connectivity index (χ1n) is 30.5. The van der Waals surface area contributed by atoms with E-state index in [2.05, 4.69) is 33.5 Å². The van der Waals surface area contributed by atoms with Crippen molar-refractivity contribution < 1.29 is 83.9 Å². The van der Waals surface area contributed by atoms with Gasteiger partial charge in [-0.3, -0.25) is 33.6 Å². The third-order valence-corrected chi connectivity index (χ3v) is 16.4. The van der Waals surface area contributed by atoms with Gasteiger partial charge in [0, 0.05) is 44.0 Å². The van der Waals surface area contributed by atoms with Crippen LogP contribution in [0.1, 0.15) is 108 Å². The molecule has 4 aromatic carbocycles. The van der Waals surface area contributed by atoms with Crippen molar-refractivity contribution in [1.29, 1.82) is 0 Å². The Morgan fingerprint density at radius 3 is 1.75 bits per heavy atom. The number of aromatic hydroxyl groups is 1. The average molecular weight is 1240 g/mol. The van der Waals surface area contributed by atoms with Crippen molar-refractivity contribution in [2.45, 2.75) is 171 Å². The highest BCUT2D eigenvalue weighted by Crippen LogP contribution is 2.30. The summed E-state index contributed by atoms with van der Waals surface area (Å²) < 4.78 is 12.0. The number of ether oxygens (including phenoxy) is 2. The van der Waals surface area contributed by atoms with Gasteiger partial charge in [-0.05, 0) is 104 Å². The molecule has 7 rings (SSSR count). The molecule has 25 nitrogen and oxygen atoms in total. The predicted octanol–water partition coefficient (Wildman–Crippen LogP) is 0.616. The summed E-state index contributed by atoms with van der Waals surface area (Å²) in [6.45, 7) is 5.98. The van der Waals surface area contributed by atoms with E-state index in [0.29, 0.717) is 38.8 Å². The number of nitrogens with one attached hydrogen (secondary N) is 5. The van der Waals surface area contributed by atoms with E-state index in [4.69, 9.17) is 15.2 Å². The van der Waals surface area contributed by atoms with Crippen LogP contribution in [0.25, 0.3) is 22.3 Å². The van der Waals surface area contributed by atoms with Gasteiger partial charge in [-0.2, -0.15) is 0 Å². The number of nitrogens with zero attached hydrogens (tertiary/aromatic N) is 2. The van der Waals surface area contributed by atoms with E-state index >= 15 is 0 Å². The molecule has 0 unspecified atom stereocenters. The zero-order valence-corrected chi connectivity index (χ0v) is 50.5. The van der Waals surface area contributed by atoms with E-state index in [9.17, 15) is 74.4 Å². The van der Waals surface area contributed by atoms with Gasteiger partial charge in [0.1, 0.15) is 66.1 Å². The molecule has 0 bridgehead atoms. The van der Waals surface area contributed by atoms with Crippen molar-refractivity contribution in [2.24, 2.45) is 11.7 Å². The Morgan fingerprint density at radius 2 is 1.17 bits per heavy atom. The number of rotatable bonds is 21. The first-order valence-corrected chi connectivity index (χ1v) is 30.5. The highest BCUT2D eigenvalue weighted by molar-refractivity contribution is 6.00. The summed E-state index contributed by atoms with van der Waals surface area (Å²) in [5.41, 5.74) is 9.17. The number of benzene rings is 4. The lowest BCUT2D eigenvalue weighted by atomic mass is 9.96. The first-order chi connectivity index (χ1) is 42.5. The quantitative estimate of drug-likeness (QED) is 0.0508. The van der Waals surface area contributed by atoms with Crippen LogP contribution in [0, 0.1) is 5.92 Å². The average Bonchev–Trinajstić information content (AvgIpc) is 1.91. The summed E-state index contributed by atoms with van der Waals surface area (Å²) in [4.78, 5) is 104. The molecule has 25 heteroatoms. The second kappa shape index (κ2) is 32.2. The Balaban J connectivity index is 1.23. The summed E-state index contributed by atoms with van der Waals surface area (Å²) in [6.07, 6.45) is -10.2. The number of phenolic OH excluding ortho intramolecular Hbond substituents is 1. The minimum absolute atomic E-state index is 0.0465. The van der Waals surface area contributed by atoms with Crippen LogP contribution < -0.4 is 37.1 Å². The maximum absolute atomic E-state index is 14.8. The number of aliphatic hydroxyl groups excluding tert-OH is 7. The molecule has 0 spiro atoms. The van der Waals surface area contributed by atoms with Crippen LogP contribution in [-0.4, -0.2) is 204 Å². The molecule has 0 radical (unpaired) electrons. The van der Waals surface area contributed by atoms with Gasteiger partial charge >= 0.3 is 0 Å². The largest absolute Gasteiger partial charge is 0.508 e. The maximum atomic E-state index is 14.8. The topological polar surface area (TPSA) is 392 Å². The lowest BCUT2D eigenvalue weighted by Crippen LogP contribution is -2.64. The summed E-state index contributed by atoms with van der Waals surface area (Å²) >= 11 is 0. The fourth-order valence-corrected chi connectivity index (χ4v) is 11.2. The molecule has 0 saturated carbocycles. The van der Waals surface area contributed by atoms with E-state index < -0.39 is 152 Å². The fraction of sp³-hybridized carbons (Fsp3) is 0.516. The molecule has 7 amide bonds. The number of hydrogen-bond donors (Lipinski definition) is 14. The monoisotopic (exact) mass is 1240 g/mol. The summed E-state index contributed by atoms with van der Waals surface area (Å²) in [5.74, 6) is -8.24. The maximum Gasteiger partial charge on any atom is 0.251 e. The van der Waals surface area contributed by atoms with E-state index in [1.165, 1.54) is 43.3 Å². The van der Waals surface area contributed by atoms with Crippen molar-refractivity contribution in [3.05, 3.63) is 108 Å². The van der Waals surface area contributed by atoms with Gasteiger partial charge in [-0.1, -0.05) is 100 Å². The van der Waals surface area contributed by atoms with E-state index in [-0.39, 0.29) is 30.0 Å². The van der Waals surface area contributed by atoms with Gasteiger partial charge in [0.05, 0.1) is 31.0 Å². The molecule has 0 aromatic heterocycles.